The van der Waals surface area contributed by atoms with Gasteiger partial charge in [-0.25, -0.2) is 4.98 Å². The van der Waals surface area contributed by atoms with Crippen LogP contribution in [0.15, 0.2) is 61.2 Å². The molecular weight excluding hydrogens is 463 g/mol. The number of hydrogen-bond acceptors (Lipinski definition) is 4. The highest BCUT2D eigenvalue weighted by atomic mass is 35.5. The van der Waals surface area contributed by atoms with Crippen molar-refractivity contribution in [1.29, 1.82) is 0 Å². The fraction of sp³-hybridized carbons (Fsp3) is 0.286. The van der Waals surface area contributed by atoms with Crippen molar-refractivity contribution in [3.05, 3.63) is 94.2 Å². The van der Waals surface area contributed by atoms with E-state index < -0.39 is 0 Å². The molecule has 5 nitrogen and oxygen atoms in total. The van der Waals surface area contributed by atoms with Crippen molar-refractivity contribution < 1.29 is 9.50 Å². The Kier molecular flexibility index (Phi) is 6.84. The van der Waals surface area contributed by atoms with Gasteiger partial charge in [0.15, 0.2) is 0 Å². The Balaban J connectivity index is 1.65. The lowest BCUT2D eigenvalue weighted by Gasteiger charge is -2.17. The van der Waals surface area contributed by atoms with E-state index in [1.54, 1.807) is 18.5 Å². The first-order valence-electron chi connectivity index (χ1n) is 12.0. The number of aromatic hydroxyl groups is 1. The summed E-state index contributed by atoms with van der Waals surface area (Å²) in [6, 6.07) is 11.8. The number of imidazole rings is 1. The fourth-order valence-corrected chi connectivity index (χ4v) is 5.08. The molecule has 0 saturated carbocycles. The Morgan fingerprint density at radius 3 is 2.89 bits per heavy atom. The number of allylic oxidation sites excluding steroid dienone is 1. The van der Waals surface area contributed by atoms with Crippen LogP contribution in [0.5, 0.6) is 5.75 Å². The maximum absolute atomic E-state index is 12.5. The molecule has 5 rings (SSSR count). The molecular formula is C28H28ClFN4O. The monoisotopic (exact) mass is 490 g/mol. The first-order chi connectivity index (χ1) is 17.0. The van der Waals surface area contributed by atoms with Crippen molar-refractivity contribution in [1.82, 2.24) is 19.7 Å². The van der Waals surface area contributed by atoms with E-state index in [9.17, 15) is 9.50 Å². The first-order valence-corrected chi connectivity index (χ1v) is 12.4. The number of aromatic nitrogens is 3. The first kappa shape index (κ1) is 23.5. The van der Waals surface area contributed by atoms with E-state index in [1.165, 1.54) is 5.57 Å². The van der Waals surface area contributed by atoms with Crippen LogP contribution in [0.25, 0.3) is 16.8 Å². The van der Waals surface area contributed by atoms with Gasteiger partial charge in [-0.3, -0.25) is 9.37 Å². The van der Waals surface area contributed by atoms with E-state index in [0.717, 1.165) is 58.4 Å². The minimum Gasteiger partial charge on any atom is -0.508 e. The number of phenols is 1. The summed E-state index contributed by atoms with van der Waals surface area (Å²) in [7, 11) is 0. The van der Waals surface area contributed by atoms with Gasteiger partial charge in [0, 0.05) is 30.8 Å². The summed E-state index contributed by atoms with van der Waals surface area (Å²) in [5.41, 5.74) is 8.27. The second-order valence-corrected chi connectivity index (χ2v) is 9.38. The van der Waals surface area contributed by atoms with Crippen molar-refractivity contribution >= 4 is 28.4 Å². The van der Waals surface area contributed by atoms with E-state index >= 15 is 0 Å². The molecule has 0 saturated heterocycles. The van der Waals surface area contributed by atoms with Crippen LogP contribution >= 0.6 is 11.6 Å². The number of aryl methyl sites for hydroxylation is 1. The third-order valence-corrected chi connectivity index (χ3v) is 6.90. The molecule has 0 amide bonds. The number of pyridine rings is 2. The van der Waals surface area contributed by atoms with Gasteiger partial charge in [0.05, 0.1) is 17.4 Å². The Morgan fingerprint density at radius 1 is 1.17 bits per heavy atom. The molecule has 35 heavy (non-hydrogen) atoms. The number of fused-ring (bicyclic) bond motifs is 2. The molecule has 3 aromatic heterocycles. The smallest absolute Gasteiger partial charge is 0.137 e. The van der Waals surface area contributed by atoms with Crippen LogP contribution in [0.2, 0.25) is 5.02 Å². The van der Waals surface area contributed by atoms with Crippen LogP contribution in [0.4, 0.5) is 4.39 Å². The molecule has 0 fully saturated rings. The zero-order valence-electron chi connectivity index (χ0n) is 19.6. The normalized spacial score (nSPS) is 14.7. The lowest BCUT2D eigenvalue weighted by Crippen LogP contribution is -2.20. The van der Waals surface area contributed by atoms with Gasteiger partial charge < -0.3 is 14.8 Å². The number of nitrogens with one attached hydrogen (secondary N) is 1. The number of nitrogens with zero attached hydrogens (tertiary/aromatic N) is 3. The van der Waals surface area contributed by atoms with Crippen molar-refractivity contribution in [3.63, 3.8) is 0 Å². The van der Waals surface area contributed by atoms with Gasteiger partial charge in [0.1, 0.15) is 11.4 Å². The Labute approximate surface area is 209 Å². The van der Waals surface area contributed by atoms with Gasteiger partial charge in [0.25, 0.3) is 0 Å². The Hall–Kier alpha value is -3.22. The molecule has 1 atom stereocenters. The second-order valence-electron chi connectivity index (χ2n) is 8.97. The predicted octanol–water partition coefficient (Wildman–Crippen LogP) is 6.39. The number of benzene rings is 1. The molecule has 1 unspecified atom stereocenters. The number of hydrogen-bond donors (Lipinski definition) is 2. The maximum atomic E-state index is 12.5. The van der Waals surface area contributed by atoms with Gasteiger partial charge in [-0.1, -0.05) is 17.7 Å². The van der Waals surface area contributed by atoms with Gasteiger partial charge >= 0.3 is 0 Å². The van der Waals surface area contributed by atoms with E-state index in [1.807, 2.05) is 41.9 Å². The summed E-state index contributed by atoms with van der Waals surface area (Å²) in [6.07, 6.45) is 10.7. The van der Waals surface area contributed by atoms with Crippen molar-refractivity contribution in [2.45, 2.75) is 38.6 Å². The number of halogens is 2. The van der Waals surface area contributed by atoms with Crippen LogP contribution in [0, 0.1) is 0 Å². The molecule has 0 radical (unpaired) electrons. The highest BCUT2D eigenvalue weighted by Gasteiger charge is 2.22. The average molecular weight is 491 g/mol. The Morgan fingerprint density at radius 2 is 2.06 bits per heavy atom. The largest absolute Gasteiger partial charge is 0.508 e. The number of rotatable bonds is 7. The minimum atomic E-state index is -0.327. The average Bonchev–Trinajstić information content (AvgIpc) is 3.20. The van der Waals surface area contributed by atoms with E-state index in [-0.39, 0.29) is 18.5 Å². The predicted molar refractivity (Wildman–Crippen MR) is 138 cm³/mol. The summed E-state index contributed by atoms with van der Waals surface area (Å²) < 4.78 is 14.5. The number of phenolic OH excluding ortho intramolecular Hbond substituents is 1. The standard InChI is InChI=1S/C28H28ClFN4O/c1-18(32-11-3-10-30)26-17-34-13-9-20(15-27(34)33-26)28-22-7-6-21(35)14-19(22)4-2-5-24(28)23-8-12-31-16-25(23)29/h6-9,12-18,32,35H,2-5,10-11H2,1H3. The topological polar surface area (TPSA) is 62.5 Å². The fourth-order valence-electron chi connectivity index (χ4n) is 4.85. The van der Waals surface area contributed by atoms with Crippen LogP contribution in [-0.2, 0) is 6.42 Å². The molecule has 0 spiro atoms. The molecule has 1 aromatic carbocycles. The molecule has 7 heteroatoms. The van der Waals surface area contributed by atoms with Crippen LogP contribution in [0.3, 0.4) is 0 Å². The van der Waals surface area contributed by atoms with E-state index in [0.29, 0.717) is 18.0 Å². The van der Waals surface area contributed by atoms with Gasteiger partial charge in [-0.2, -0.15) is 0 Å². The highest BCUT2D eigenvalue weighted by molar-refractivity contribution is 6.32. The lowest BCUT2D eigenvalue weighted by molar-refractivity contribution is 0.444. The molecule has 4 aromatic rings. The van der Waals surface area contributed by atoms with Crippen LogP contribution in [0.1, 0.15) is 60.2 Å². The summed E-state index contributed by atoms with van der Waals surface area (Å²) in [5.74, 6) is 0.274. The molecule has 0 bridgehead atoms. The third kappa shape index (κ3) is 4.81. The SMILES string of the molecule is CC(NCCCF)c1cn2ccc(C3=C(c4ccncc4Cl)CCCc4cc(O)ccc43)cc2n1. The molecule has 180 valence electrons. The summed E-state index contributed by atoms with van der Waals surface area (Å²) in [6.45, 7) is 2.33. The van der Waals surface area contributed by atoms with Gasteiger partial charge in [-0.15, -0.1) is 0 Å². The third-order valence-electron chi connectivity index (χ3n) is 6.60. The molecule has 1 aliphatic carbocycles. The van der Waals surface area contributed by atoms with Crippen LogP contribution < -0.4 is 5.32 Å². The maximum Gasteiger partial charge on any atom is 0.137 e. The molecule has 2 N–H and O–H groups in total. The summed E-state index contributed by atoms with van der Waals surface area (Å²) >= 11 is 6.62. The van der Waals surface area contributed by atoms with Crippen molar-refractivity contribution in [3.8, 4) is 5.75 Å². The second kappa shape index (κ2) is 10.2. The van der Waals surface area contributed by atoms with Gasteiger partial charge in [-0.05, 0) is 103 Å². The van der Waals surface area contributed by atoms with Crippen molar-refractivity contribution in [2.24, 2.45) is 0 Å². The molecule has 1 aliphatic rings. The number of alkyl halides is 1. The van der Waals surface area contributed by atoms with Crippen molar-refractivity contribution in [2.75, 3.05) is 13.2 Å². The minimum absolute atomic E-state index is 0.0249. The zero-order chi connectivity index (χ0) is 24.4. The lowest BCUT2D eigenvalue weighted by atomic mass is 9.88. The summed E-state index contributed by atoms with van der Waals surface area (Å²) in [5, 5.41) is 14.1. The Bertz CT molecular complexity index is 1400. The molecule has 0 aliphatic heterocycles. The van der Waals surface area contributed by atoms with E-state index in [4.69, 9.17) is 16.6 Å². The summed E-state index contributed by atoms with van der Waals surface area (Å²) in [4.78, 5) is 9.04. The molecule has 3 heterocycles. The van der Waals surface area contributed by atoms with Gasteiger partial charge in [0.2, 0.25) is 0 Å². The quantitative estimate of drug-likeness (QED) is 0.294. The van der Waals surface area contributed by atoms with Crippen LogP contribution in [-0.4, -0.2) is 32.7 Å². The zero-order valence-corrected chi connectivity index (χ0v) is 20.4. The van der Waals surface area contributed by atoms with E-state index in [2.05, 4.69) is 22.4 Å². The highest BCUT2D eigenvalue weighted by Crippen LogP contribution is 2.42.